The molecule has 1 aliphatic heterocycles. The minimum absolute atomic E-state index is 0.0155. The lowest BCUT2D eigenvalue weighted by molar-refractivity contribution is -0.116. The first-order chi connectivity index (χ1) is 15.7. The Balaban J connectivity index is 1.44. The highest BCUT2D eigenvalue weighted by Crippen LogP contribution is 2.34. The van der Waals surface area contributed by atoms with Crippen molar-refractivity contribution in [2.75, 3.05) is 30.3 Å². The standard InChI is InChI=1S/C26H25FN4O/c27-18-7-9-19(10-8-18)29-26-21-5-1-2-6-23(21)30-24-17-20(11-12-22(24)26)28-25(32)13-16-31-14-3-4-15-31/h1-2,5-12,17H,3-4,13-16H2,(H,28,32)(H,29,30). The van der Waals surface area contributed by atoms with Gasteiger partial charge in [-0.1, -0.05) is 18.2 Å². The number of rotatable bonds is 6. The lowest BCUT2D eigenvalue weighted by Crippen LogP contribution is -2.25. The molecule has 6 heteroatoms. The summed E-state index contributed by atoms with van der Waals surface area (Å²) in [4.78, 5) is 19.6. The molecule has 3 aromatic carbocycles. The highest BCUT2D eigenvalue weighted by Gasteiger charge is 2.14. The number of halogens is 1. The van der Waals surface area contributed by atoms with E-state index in [2.05, 4.69) is 15.5 Å². The van der Waals surface area contributed by atoms with E-state index in [0.717, 1.165) is 58.5 Å². The number of carbonyl (C=O) groups is 1. The zero-order valence-corrected chi connectivity index (χ0v) is 17.8. The number of amides is 1. The molecule has 4 aromatic rings. The first kappa shape index (κ1) is 20.4. The highest BCUT2D eigenvalue weighted by molar-refractivity contribution is 6.09. The van der Waals surface area contributed by atoms with Gasteiger partial charge in [0.15, 0.2) is 0 Å². The van der Waals surface area contributed by atoms with Crippen molar-refractivity contribution >= 4 is 44.8 Å². The number of para-hydroxylation sites is 1. The Kier molecular flexibility index (Phi) is 5.69. The zero-order valence-electron chi connectivity index (χ0n) is 17.8. The molecule has 1 saturated heterocycles. The van der Waals surface area contributed by atoms with E-state index in [4.69, 9.17) is 4.98 Å². The predicted molar refractivity (Wildman–Crippen MR) is 128 cm³/mol. The SMILES string of the molecule is O=C(CCN1CCCC1)Nc1ccc2c(Nc3ccc(F)cc3)c3ccccc3nc2c1. The van der Waals surface area contributed by atoms with Crippen LogP contribution in [0.4, 0.5) is 21.5 Å². The molecule has 1 fully saturated rings. The largest absolute Gasteiger partial charge is 0.354 e. The molecule has 0 spiro atoms. The molecule has 0 bridgehead atoms. The van der Waals surface area contributed by atoms with Crippen LogP contribution in [0.5, 0.6) is 0 Å². The monoisotopic (exact) mass is 428 g/mol. The number of carbonyl (C=O) groups excluding carboxylic acids is 1. The second-order valence-corrected chi connectivity index (χ2v) is 8.21. The molecule has 162 valence electrons. The lowest BCUT2D eigenvalue weighted by Gasteiger charge is -2.15. The van der Waals surface area contributed by atoms with Crippen molar-refractivity contribution < 1.29 is 9.18 Å². The summed E-state index contributed by atoms with van der Waals surface area (Å²) in [5.41, 5.74) is 4.07. The van der Waals surface area contributed by atoms with E-state index in [1.807, 2.05) is 42.5 Å². The van der Waals surface area contributed by atoms with Crippen molar-refractivity contribution in [3.63, 3.8) is 0 Å². The van der Waals surface area contributed by atoms with Crippen molar-refractivity contribution in [3.05, 3.63) is 72.5 Å². The minimum atomic E-state index is -0.273. The smallest absolute Gasteiger partial charge is 0.225 e. The minimum Gasteiger partial charge on any atom is -0.354 e. The van der Waals surface area contributed by atoms with Crippen LogP contribution in [0.15, 0.2) is 66.7 Å². The van der Waals surface area contributed by atoms with E-state index in [-0.39, 0.29) is 11.7 Å². The molecule has 1 amide bonds. The Labute approximate surface area is 186 Å². The van der Waals surface area contributed by atoms with Gasteiger partial charge in [0.1, 0.15) is 5.82 Å². The van der Waals surface area contributed by atoms with Crippen molar-refractivity contribution in [2.45, 2.75) is 19.3 Å². The lowest BCUT2D eigenvalue weighted by atomic mass is 10.1. The van der Waals surface area contributed by atoms with Crippen LogP contribution in [0.25, 0.3) is 21.8 Å². The van der Waals surface area contributed by atoms with Crippen LogP contribution >= 0.6 is 0 Å². The van der Waals surface area contributed by atoms with Gasteiger partial charge >= 0.3 is 0 Å². The Morgan fingerprint density at radius 2 is 1.62 bits per heavy atom. The molecule has 1 aromatic heterocycles. The molecule has 0 aliphatic carbocycles. The quantitative estimate of drug-likeness (QED) is 0.387. The number of aromatic nitrogens is 1. The molecular formula is C26H25FN4O. The van der Waals surface area contributed by atoms with Gasteiger partial charge in [-0.25, -0.2) is 9.37 Å². The van der Waals surface area contributed by atoms with Crippen LogP contribution in [0.2, 0.25) is 0 Å². The maximum absolute atomic E-state index is 13.3. The van der Waals surface area contributed by atoms with Gasteiger partial charge in [0.25, 0.3) is 0 Å². The molecule has 5 rings (SSSR count). The Morgan fingerprint density at radius 3 is 2.44 bits per heavy atom. The first-order valence-electron chi connectivity index (χ1n) is 11.0. The highest BCUT2D eigenvalue weighted by atomic mass is 19.1. The van der Waals surface area contributed by atoms with Crippen LogP contribution in [0, 0.1) is 5.82 Å². The maximum atomic E-state index is 13.3. The number of pyridine rings is 1. The normalized spacial score (nSPS) is 14.2. The predicted octanol–water partition coefficient (Wildman–Crippen LogP) is 5.70. The van der Waals surface area contributed by atoms with Gasteiger partial charge in [-0.3, -0.25) is 4.79 Å². The molecule has 1 aliphatic rings. The second-order valence-electron chi connectivity index (χ2n) is 8.21. The summed E-state index contributed by atoms with van der Waals surface area (Å²) in [5, 5.41) is 8.36. The average Bonchev–Trinajstić information content (AvgIpc) is 3.33. The van der Waals surface area contributed by atoms with Crippen molar-refractivity contribution in [1.29, 1.82) is 0 Å². The summed E-state index contributed by atoms with van der Waals surface area (Å²) < 4.78 is 13.3. The van der Waals surface area contributed by atoms with E-state index in [1.165, 1.54) is 25.0 Å². The van der Waals surface area contributed by atoms with Crippen molar-refractivity contribution in [1.82, 2.24) is 9.88 Å². The molecular weight excluding hydrogens is 403 g/mol. The van der Waals surface area contributed by atoms with E-state index < -0.39 is 0 Å². The number of fused-ring (bicyclic) bond motifs is 2. The van der Waals surface area contributed by atoms with Crippen LogP contribution < -0.4 is 10.6 Å². The Hall–Kier alpha value is -3.51. The number of benzene rings is 3. The van der Waals surface area contributed by atoms with Gasteiger partial charge in [0.2, 0.25) is 5.91 Å². The van der Waals surface area contributed by atoms with Gasteiger partial charge in [0, 0.05) is 35.1 Å². The van der Waals surface area contributed by atoms with Crippen LogP contribution in [-0.2, 0) is 4.79 Å². The average molecular weight is 429 g/mol. The summed E-state index contributed by atoms with van der Waals surface area (Å²) >= 11 is 0. The molecule has 0 radical (unpaired) electrons. The van der Waals surface area contributed by atoms with Gasteiger partial charge in [-0.2, -0.15) is 0 Å². The fourth-order valence-electron chi connectivity index (χ4n) is 4.27. The molecule has 32 heavy (non-hydrogen) atoms. The van der Waals surface area contributed by atoms with Crippen molar-refractivity contribution in [2.24, 2.45) is 0 Å². The second kappa shape index (κ2) is 8.93. The number of hydrogen-bond donors (Lipinski definition) is 2. The van der Waals surface area contributed by atoms with E-state index in [9.17, 15) is 9.18 Å². The van der Waals surface area contributed by atoms with Gasteiger partial charge in [-0.15, -0.1) is 0 Å². The molecule has 2 N–H and O–H groups in total. The first-order valence-corrected chi connectivity index (χ1v) is 11.0. The van der Waals surface area contributed by atoms with Gasteiger partial charge in [-0.05, 0) is 74.5 Å². The van der Waals surface area contributed by atoms with Crippen molar-refractivity contribution in [3.8, 4) is 0 Å². The number of anilines is 3. The van der Waals surface area contributed by atoms with Crippen LogP contribution in [0.1, 0.15) is 19.3 Å². The molecule has 0 unspecified atom stereocenters. The summed E-state index contributed by atoms with van der Waals surface area (Å²) in [7, 11) is 0. The number of nitrogens with one attached hydrogen (secondary N) is 2. The van der Waals surface area contributed by atoms with Gasteiger partial charge in [0.05, 0.1) is 16.7 Å². The van der Waals surface area contributed by atoms with E-state index in [0.29, 0.717) is 6.42 Å². The summed E-state index contributed by atoms with van der Waals surface area (Å²) in [6.07, 6.45) is 2.93. The summed E-state index contributed by atoms with van der Waals surface area (Å²) in [5.74, 6) is -0.258. The molecule has 0 saturated carbocycles. The zero-order chi connectivity index (χ0) is 21.9. The number of hydrogen-bond acceptors (Lipinski definition) is 4. The summed E-state index contributed by atoms with van der Waals surface area (Å²) in [6, 6.07) is 20.0. The fourth-order valence-corrected chi connectivity index (χ4v) is 4.27. The fraction of sp³-hybridized carbons (Fsp3) is 0.231. The third-order valence-corrected chi connectivity index (χ3v) is 5.93. The third kappa shape index (κ3) is 4.41. The number of nitrogens with zero attached hydrogens (tertiary/aromatic N) is 2. The molecule has 0 atom stereocenters. The molecule has 5 nitrogen and oxygen atoms in total. The third-order valence-electron chi connectivity index (χ3n) is 5.93. The summed E-state index contributed by atoms with van der Waals surface area (Å²) in [6.45, 7) is 2.97. The Bertz CT molecular complexity index is 1270. The van der Waals surface area contributed by atoms with Crippen LogP contribution in [0.3, 0.4) is 0 Å². The maximum Gasteiger partial charge on any atom is 0.225 e. The van der Waals surface area contributed by atoms with E-state index >= 15 is 0 Å². The Morgan fingerprint density at radius 1 is 0.906 bits per heavy atom. The van der Waals surface area contributed by atoms with Crippen LogP contribution in [-0.4, -0.2) is 35.4 Å². The van der Waals surface area contributed by atoms with E-state index in [1.54, 1.807) is 12.1 Å². The molecule has 2 heterocycles. The van der Waals surface area contributed by atoms with Gasteiger partial charge < -0.3 is 15.5 Å². The number of likely N-dealkylation sites (tertiary alicyclic amines) is 1. The topological polar surface area (TPSA) is 57.3 Å².